The van der Waals surface area contributed by atoms with E-state index >= 15 is 0 Å². The van der Waals surface area contributed by atoms with Crippen molar-refractivity contribution in [2.45, 2.75) is 51.4 Å². The van der Waals surface area contributed by atoms with Crippen LogP contribution in [0.15, 0.2) is 12.7 Å². The predicted molar refractivity (Wildman–Crippen MR) is 67.8 cm³/mol. The molecule has 0 fully saturated rings. The second-order valence-corrected chi connectivity index (χ2v) is 4.11. The zero-order valence-corrected chi connectivity index (χ0v) is 10.4. The number of carbonyl (C=O) groups is 2. The van der Waals surface area contributed by atoms with E-state index in [9.17, 15) is 9.59 Å². The summed E-state index contributed by atoms with van der Waals surface area (Å²) in [6.07, 6.45) is 8.85. The summed E-state index contributed by atoms with van der Waals surface area (Å²) in [5, 5.41) is 11.2. The summed E-state index contributed by atoms with van der Waals surface area (Å²) in [6.45, 7) is 4.09. The lowest BCUT2D eigenvalue weighted by Gasteiger charge is -2.02. The molecule has 0 radical (unpaired) electrons. The molecule has 0 aliphatic carbocycles. The fraction of sp³-hybridized carbons (Fsp3) is 0.692. The van der Waals surface area contributed by atoms with Crippen LogP contribution in [-0.2, 0) is 9.59 Å². The molecule has 0 saturated heterocycles. The Balaban J connectivity index is 3.06. The third-order valence-corrected chi connectivity index (χ3v) is 2.55. The Morgan fingerprint density at radius 2 is 1.53 bits per heavy atom. The van der Waals surface area contributed by atoms with Crippen LogP contribution in [0, 0.1) is 0 Å². The van der Waals surface area contributed by atoms with Gasteiger partial charge >= 0.3 is 5.97 Å². The number of hydrogen-bond donors (Lipinski definition) is 2. The zero-order chi connectivity index (χ0) is 12.9. The first-order valence-corrected chi connectivity index (χ1v) is 6.29. The zero-order valence-electron chi connectivity index (χ0n) is 10.4. The summed E-state index contributed by atoms with van der Waals surface area (Å²) in [5.74, 6) is -0.818. The van der Waals surface area contributed by atoms with Gasteiger partial charge < -0.3 is 10.4 Å². The number of rotatable bonds is 11. The molecule has 0 spiro atoms. The molecule has 0 heterocycles. The summed E-state index contributed by atoms with van der Waals surface area (Å²) < 4.78 is 0. The molecule has 17 heavy (non-hydrogen) atoms. The Morgan fingerprint density at radius 3 is 2.06 bits per heavy atom. The molecule has 4 nitrogen and oxygen atoms in total. The Morgan fingerprint density at radius 1 is 1.00 bits per heavy atom. The van der Waals surface area contributed by atoms with Gasteiger partial charge in [0, 0.05) is 13.0 Å². The van der Waals surface area contributed by atoms with Crippen molar-refractivity contribution in [2.75, 3.05) is 6.54 Å². The molecule has 98 valence electrons. The van der Waals surface area contributed by atoms with Crippen LogP contribution in [0.3, 0.4) is 0 Å². The van der Waals surface area contributed by atoms with Gasteiger partial charge in [0.15, 0.2) is 0 Å². The van der Waals surface area contributed by atoms with Gasteiger partial charge in [-0.2, -0.15) is 0 Å². The largest absolute Gasteiger partial charge is 0.481 e. The minimum atomic E-state index is -0.706. The predicted octanol–water partition coefficient (Wildman–Crippen LogP) is 2.49. The van der Waals surface area contributed by atoms with Crippen molar-refractivity contribution in [3.63, 3.8) is 0 Å². The smallest absolute Gasteiger partial charge is 0.303 e. The lowest BCUT2D eigenvalue weighted by molar-refractivity contribution is -0.137. The number of carboxylic acids is 1. The molecular weight excluding hydrogens is 218 g/mol. The highest BCUT2D eigenvalue weighted by Gasteiger charge is 1.97. The summed E-state index contributed by atoms with van der Waals surface area (Å²) in [5.41, 5.74) is 0. The number of carbonyl (C=O) groups excluding carboxylic acids is 1. The van der Waals surface area contributed by atoms with Crippen molar-refractivity contribution in [3.8, 4) is 0 Å². The first kappa shape index (κ1) is 15.7. The maximum absolute atomic E-state index is 10.8. The Bertz CT molecular complexity index is 239. The van der Waals surface area contributed by atoms with Gasteiger partial charge in [-0.3, -0.25) is 9.59 Å². The molecule has 0 aromatic heterocycles. The van der Waals surface area contributed by atoms with Crippen LogP contribution < -0.4 is 5.32 Å². The van der Waals surface area contributed by atoms with Gasteiger partial charge in [0.1, 0.15) is 0 Å². The monoisotopic (exact) mass is 241 g/mol. The van der Waals surface area contributed by atoms with Crippen LogP contribution in [0.5, 0.6) is 0 Å². The van der Waals surface area contributed by atoms with Crippen molar-refractivity contribution in [1.29, 1.82) is 0 Å². The lowest BCUT2D eigenvalue weighted by atomic mass is 10.1. The highest BCUT2D eigenvalue weighted by atomic mass is 16.4. The van der Waals surface area contributed by atoms with E-state index in [0.29, 0.717) is 6.54 Å². The second-order valence-electron chi connectivity index (χ2n) is 4.11. The molecule has 0 aromatic rings. The molecule has 0 atom stereocenters. The van der Waals surface area contributed by atoms with Gasteiger partial charge in [-0.15, -0.1) is 0 Å². The van der Waals surface area contributed by atoms with Gasteiger partial charge in [0.05, 0.1) is 0 Å². The maximum Gasteiger partial charge on any atom is 0.303 e. The number of aliphatic carboxylic acids is 1. The van der Waals surface area contributed by atoms with E-state index in [0.717, 1.165) is 44.9 Å². The van der Waals surface area contributed by atoms with E-state index in [1.54, 1.807) is 0 Å². The third-order valence-electron chi connectivity index (χ3n) is 2.55. The average Bonchev–Trinajstić information content (AvgIpc) is 2.30. The van der Waals surface area contributed by atoms with Crippen LogP contribution in [0.4, 0.5) is 0 Å². The quantitative estimate of drug-likeness (QED) is 0.431. The fourth-order valence-electron chi connectivity index (χ4n) is 1.57. The summed E-state index contributed by atoms with van der Waals surface area (Å²) in [6, 6.07) is 0. The SMILES string of the molecule is C=CC(=O)NCCCCCCCCCC(=O)O. The van der Waals surface area contributed by atoms with E-state index in [1.807, 2.05) is 0 Å². The summed E-state index contributed by atoms with van der Waals surface area (Å²) in [4.78, 5) is 21.0. The molecule has 1 amide bonds. The molecular formula is C13H23NO3. The molecule has 4 heteroatoms. The minimum absolute atomic E-state index is 0.112. The maximum atomic E-state index is 10.8. The Labute approximate surface area is 103 Å². The van der Waals surface area contributed by atoms with Crippen LogP contribution in [0.25, 0.3) is 0 Å². The van der Waals surface area contributed by atoms with E-state index in [1.165, 1.54) is 6.08 Å². The van der Waals surface area contributed by atoms with Gasteiger partial charge in [0.2, 0.25) is 5.91 Å². The van der Waals surface area contributed by atoms with E-state index < -0.39 is 5.97 Å². The van der Waals surface area contributed by atoms with Crippen molar-refractivity contribution in [3.05, 3.63) is 12.7 Å². The number of nitrogens with one attached hydrogen (secondary N) is 1. The molecule has 0 aromatic carbocycles. The molecule has 2 N–H and O–H groups in total. The highest BCUT2D eigenvalue weighted by Crippen LogP contribution is 2.08. The van der Waals surface area contributed by atoms with Crippen molar-refractivity contribution in [1.82, 2.24) is 5.32 Å². The van der Waals surface area contributed by atoms with Crippen LogP contribution in [0.1, 0.15) is 51.4 Å². The van der Waals surface area contributed by atoms with E-state index in [4.69, 9.17) is 5.11 Å². The average molecular weight is 241 g/mol. The minimum Gasteiger partial charge on any atom is -0.481 e. The number of amides is 1. The topological polar surface area (TPSA) is 66.4 Å². The number of hydrogen-bond acceptors (Lipinski definition) is 2. The molecule has 0 aliphatic rings. The molecule has 0 aliphatic heterocycles. The normalized spacial score (nSPS) is 9.88. The number of unbranched alkanes of at least 4 members (excludes halogenated alkanes) is 6. The van der Waals surface area contributed by atoms with Crippen LogP contribution >= 0.6 is 0 Å². The van der Waals surface area contributed by atoms with Crippen molar-refractivity contribution >= 4 is 11.9 Å². The first-order chi connectivity index (χ1) is 8.16. The van der Waals surface area contributed by atoms with Gasteiger partial charge in [-0.05, 0) is 18.9 Å². The molecule has 0 bridgehead atoms. The van der Waals surface area contributed by atoms with E-state index in [-0.39, 0.29) is 12.3 Å². The van der Waals surface area contributed by atoms with Crippen LogP contribution in [0.2, 0.25) is 0 Å². The Kier molecular flexibility index (Phi) is 10.3. The lowest BCUT2D eigenvalue weighted by Crippen LogP contribution is -2.21. The molecule has 0 saturated carbocycles. The van der Waals surface area contributed by atoms with E-state index in [2.05, 4.69) is 11.9 Å². The summed E-state index contributed by atoms with van der Waals surface area (Å²) >= 11 is 0. The summed E-state index contributed by atoms with van der Waals surface area (Å²) in [7, 11) is 0. The molecule has 0 rings (SSSR count). The van der Waals surface area contributed by atoms with Gasteiger partial charge in [-0.25, -0.2) is 0 Å². The third kappa shape index (κ3) is 12.6. The van der Waals surface area contributed by atoms with Gasteiger partial charge in [0.25, 0.3) is 0 Å². The standard InChI is InChI=1S/C13H23NO3/c1-2-12(15)14-11-9-7-5-3-4-6-8-10-13(16)17/h2H,1,3-11H2,(H,14,15)(H,16,17). The first-order valence-electron chi connectivity index (χ1n) is 6.29. The fourth-order valence-corrected chi connectivity index (χ4v) is 1.57. The second kappa shape index (κ2) is 11.2. The van der Waals surface area contributed by atoms with Crippen molar-refractivity contribution < 1.29 is 14.7 Å². The molecule has 0 unspecified atom stereocenters. The van der Waals surface area contributed by atoms with Crippen molar-refractivity contribution in [2.24, 2.45) is 0 Å². The Hall–Kier alpha value is -1.32. The van der Waals surface area contributed by atoms with Crippen LogP contribution in [-0.4, -0.2) is 23.5 Å². The highest BCUT2D eigenvalue weighted by molar-refractivity contribution is 5.86. The van der Waals surface area contributed by atoms with Gasteiger partial charge in [-0.1, -0.05) is 38.7 Å². The number of carboxylic acid groups (broad SMARTS) is 1.